The van der Waals surface area contributed by atoms with E-state index in [1.165, 1.54) is 26.8 Å². The molecule has 0 aromatic heterocycles. The zero-order valence-electron chi connectivity index (χ0n) is 11.1. The molecule has 0 bridgehead atoms. The number of nitrogens with zero attached hydrogens (tertiary/aromatic N) is 2. The highest BCUT2D eigenvalue weighted by Crippen LogP contribution is 2.22. The van der Waals surface area contributed by atoms with E-state index in [4.69, 9.17) is 4.74 Å². The van der Waals surface area contributed by atoms with Gasteiger partial charge in [0.25, 0.3) is 0 Å². The fraction of sp³-hybridized carbons (Fsp3) is 0.583. The van der Waals surface area contributed by atoms with Crippen molar-refractivity contribution in [3.8, 4) is 0 Å². The van der Waals surface area contributed by atoms with Crippen molar-refractivity contribution in [3.05, 3.63) is 24.1 Å². The fourth-order valence-corrected chi connectivity index (χ4v) is 0.901. The first-order valence-corrected chi connectivity index (χ1v) is 5.56. The normalized spacial score (nSPS) is 17.8. The summed E-state index contributed by atoms with van der Waals surface area (Å²) in [5.74, 6) is -1.14. The molecular weight excluding hydrogens is 239 g/mol. The third-order valence-corrected chi connectivity index (χ3v) is 2.40. The maximum atomic E-state index is 13.3. The van der Waals surface area contributed by atoms with E-state index < -0.39 is 17.7 Å². The Hall–Kier alpha value is -1.72. The fourth-order valence-electron chi connectivity index (χ4n) is 0.901. The van der Waals surface area contributed by atoms with Crippen LogP contribution in [0.1, 0.15) is 27.7 Å². The number of carbonyl (C=O) groups is 1. The molecule has 0 amide bonds. The van der Waals surface area contributed by atoms with Crippen LogP contribution in [0.4, 0.5) is 4.39 Å². The van der Waals surface area contributed by atoms with E-state index in [1.807, 2.05) is 0 Å². The van der Waals surface area contributed by atoms with E-state index in [-0.39, 0.29) is 18.1 Å². The van der Waals surface area contributed by atoms with Crippen molar-refractivity contribution in [2.75, 3.05) is 6.61 Å². The number of alkyl halides is 1. The zero-order chi connectivity index (χ0) is 14.3. The first-order valence-electron chi connectivity index (χ1n) is 5.56. The average molecular weight is 258 g/mol. The van der Waals surface area contributed by atoms with Gasteiger partial charge < -0.3 is 9.84 Å². The second-order valence-corrected chi connectivity index (χ2v) is 3.90. The largest absolute Gasteiger partial charge is 0.510 e. The van der Waals surface area contributed by atoms with Gasteiger partial charge in [-0.1, -0.05) is 6.08 Å². The molecule has 6 heteroatoms. The van der Waals surface area contributed by atoms with E-state index in [1.54, 1.807) is 6.92 Å². The molecule has 0 heterocycles. The van der Waals surface area contributed by atoms with Crippen LogP contribution < -0.4 is 0 Å². The molecule has 0 saturated carbocycles. The molecule has 0 aliphatic carbocycles. The lowest BCUT2D eigenvalue weighted by atomic mass is 9.99. The summed E-state index contributed by atoms with van der Waals surface area (Å²) in [4.78, 5) is 11.4. The van der Waals surface area contributed by atoms with Gasteiger partial charge in [0.2, 0.25) is 5.70 Å². The lowest BCUT2D eigenvalue weighted by Crippen LogP contribution is -2.29. The van der Waals surface area contributed by atoms with Crippen LogP contribution in [-0.4, -0.2) is 29.4 Å². The molecule has 0 rings (SSSR count). The number of aliphatic hydroxyl groups excluding tert-OH is 1. The summed E-state index contributed by atoms with van der Waals surface area (Å²) in [5.41, 5.74) is -1.60. The predicted octanol–water partition coefficient (Wildman–Crippen LogP) is 3.09. The first kappa shape index (κ1) is 16.3. The molecule has 5 nitrogen and oxygen atoms in total. The minimum atomic E-state index is -1.33. The summed E-state index contributed by atoms with van der Waals surface area (Å²) >= 11 is 0. The Bertz CT molecular complexity index is 374. The minimum Gasteiger partial charge on any atom is -0.510 e. The molecule has 0 spiro atoms. The van der Waals surface area contributed by atoms with Gasteiger partial charge in [0, 0.05) is 0 Å². The SMILES string of the molecule is C=C[C@](C)(N=NC(C(=O)OCC)=C(C)O)C(C)F. The van der Waals surface area contributed by atoms with Crippen LogP contribution in [0.25, 0.3) is 0 Å². The van der Waals surface area contributed by atoms with Gasteiger partial charge in [-0.15, -0.1) is 11.7 Å². The van der Waals surface area contributed by atoms with Crippen LogP contribution in [0.3, 0.4) is 0 Å². The Labute approximate surface area is 106 Å². The molecule has 0 aromatic rings. The molecule has 1 N–H and O–H groups in total. The number of aliphatic hydroxyl groups is 1. The van der Waals surface area contributed by atoms with Gasteiger partial charge in [0.05, 0.1) is 6.61 Å². The lowest BCUT2D eigenvalue weighted by molar-refractivity contribution is -0.138. The van der Waals surface area contributed by atoms with Gasteiger partial charge in [-0.05, 0) is 27.7 Å². The van der Waals surface area contributed by atoms with Crippen molar-refractivity contribution in [2.45, 2.75) is 39.4 Å². The van der Waals surface area contributed by atoms with Crippen molar-refractivity contribution in [2.24, 2.45) is 10.2 Å². The van der Waals surface area contributed by atoms with Crippen LogP contribution in [0.15, 0.2) is 34.3 Å². The standard InChI is InChI=1S/C12H19FN2O3/c1-6-12(5,9(4)13)15-14-10(8(3)16)11(17)18-7-2/h6,9,16H,1,7H2,2-5H3/t9?,12-/m0/s1. The van der Waals surface area contributed by atoms with Crippen LogP contribution in [0, 0.1) is 0 Å². The molecule has 18 heavy (non-hydrogen) atoms. The van der Waals surface area contributed by atoms with E-state index in [0.29, 0.717) is 0 Å². The molecule has 0 aliphatic heterocycles. The molecule has 102 valence electrons. The molecule has 0 aromatic carbocycles. The van der Waals surface area contributed by atoms with E-state index >= 15 is 0 Å². The smallest absolute Gasteiger partial charge is 0.362 e. The number of azo groups is 1. The second kappa shape index (κ2) is 6.88. The van der Waals surface area contributed by atoms with Gasteiger partial charge in [-0.3, -0.25) is 0 Å². The zero-order valence-corrected chi connectivity index (χ0v) is 11.1. The second-order valence-electron chi connectivity index (χ2n) is 3.90. The molecule has 0 radical (unpaired) electrons. The summed E-state index contributed by atoms with van der Waals surface area (Å²) in [6.45, 7) is 9.29. The van der Waals surface area contributed by atoms with E-state index in [2.05, 4.69) is 16.8 Å². The van der Waals surface area contributed by atoms with E-state index in [9.17, 15) is 14.3 Å². The summed E-state index contributed by atoms with van der Waals surface area (Å²) in [7, 11) is 0. The number of carbonyl (C=O) groups excluding carboxylic acids is 1. The quantitative estimate of drug-likeness (QED) is 0.261. The third-order valence-electron chi connectivity index (χ3n) is 2.40. The van der Waals surface area contributed by atoms with Crippen LogP contribution in [-0.2, 0) is 9.53 Å². The van der Waals surface area contributed by atoms with Gasteiger partial charge in [0.15, 0.2) is 0 Å². The van der Waals surface area contributed by atoms with Crippen molar-refractivity contribution >= 4 is 5.97 Å². The first-order chi connectivity index (χ1) is 8.28. The average Bonchev–Trinajstić information content (AvgIpc) is 2.28. The number of hydrogen-bond donors (Lipinski definition) is 1. The molecular formula is C12H19FN2O3. The summed E-state index contributed by atoms with van der Waals surface area (Å²) < 4.78 is 18.0. The van der Waals surface area contributed by atoms with Crippen LogP contribution in [0.5, 0.6) is 0 Å². The molecule has 0 fully saturated rings. The van der Waals surface area contributed by atoms with Crippen LogP contribution in [0.2, 0.25) is 0 Å². The topological polar surface area (TPSA) is 71.2 Å². The van der Waals surface area contributed by atoms with Crippen molar-refractivity contribution in [1.29, 1.82) is 0 Å². The Balaban J connectivity index is 5.19. The van der Waals surface area contributed by atoms with Gasteiger partial charge >= 0.3 is 5.97 Å². The highest BCUT2D eigenvalue weighted by Gasteiger charge is 2.28. The number of halogens is 1. The monoisotopic (exact) mass is 258 g/mol. The van der Waals surface area contributed by atoms with Crippen molar-refractivity contribution in [1.82, 2.24) is 0 Å². The van der Waals surface area contributed by atoms with Gasteiger partial charge in [-0.25, -0.2) is 9.18 Å². The number of esters is 1. The van der Waals surface area contributed by atoms with Crippen molar-refractivity contribution in [3.63, 3.8) is 0 Å². The van der Waals surface area contributed by atoms with Gasteiger partial charge in [-0.2, -0.15) is 5.11 Å². The lowest BCUT2D eigenvalue weighted by Gasteiger charge is -2.20. The number of allylic oxidation sites excluding steroid dienone is 1. The summed E-state index contributed by atoms with van der Waals surface area (Å²) in [5, 5.41) is 16.6. The Morgan fingerprint density at radius 3 is 2.56 bits per heavy atom. The number of hydrogen-bond acceptors (Lipinski definition) is 5. The van der Waals surface area contributed by atoms with Crippen LogP contribution >= 0.6 is 0 Å². The van der Waals surface area contributed by atoms with Gasteiger partial charge in [0.1, 0.15) is 17.5 Å². The number of rotatable bonds is 6. The molecule has 1 unspecified atom stereocenters. The number of ether oxygens (including phenoxy) is 1. The third kappa shape index (κ3) is 4.27. The molecule has 0 saturated heterocycles. The Morgan fingerprint density at radius 1 is 1.67 bits per heavy atom. The molecule has 0 aliphatic rings. The maximum absolute atomic E-state index is 13.3. The molecule has 2 atom stereocenters. The Kier molecular flexibility index (Phi) is 6.22. The maximum Gasteiger partial charge on any atom is 0.362 e. The summed E-state index contributed by atoms with van der Waals surface area (Å²) in [6.07, 6.45) is -0.0439. The highest BCUT2D eigenvalue weighted by atomic mass is 19.1. The predicted molar refractivity (Wildman–Crippen MR) is 66.0 cm³/mol. The summed E-state index contributed by atoms with van der Waals surface area (Å²) in [6, 6.07) is 0. The highest BCUT2D eigenvalue weighted by molar-refractivity contribution is 5.88. The van der Waals surface area contributed by atoms with E-state index in [0.717, 1.165) is 0 Å². The van der Waals surface area contributed by atoms with Crippen molar-refractivity contribution < 1.29 is 19.0 Å². The minimum absolute atomic E-state index is 0.142. The Morgan fingerprint density at radius 2 is 2.22 bits per heavy atom.